The van der Waals surface area contributed by atoms with E-state index in [1.165, 1.54) is 12.1 Å². The van der Waals surface area contributed by atoms with E-state index in [0.717, 1.165) is 17.0 Å². The Morgan fingerprint density at radius 2 is 2.07 bits per heavy atom. The van der Waals surface area contributed by atoms with Crippen molar-refractivity contribution in [3.05, 3.63) is 84.0 Å². The second kappa shape index (κ2) is 7.11. The van der Waals surface area contributed by atoms with Crippen molar-refractivity contribution in [1.29, 1.82) is 0 Å². The number of hydrogen-bond donors (Lipinski definition) is 1. The third-order valence-corrected chi connectivity index (χ3v) is 4.66. The number of aryl methyl sites for hydroxylation is 1. The number of furan rings is 1. The molecule has 0 fully saturated rings. The first-order chi connectivity index (χ1) is 13.1. The third-order valence-electron chi connectivity index (χ3n) is 4.66. The van der Waals surface area contributed by atoms with Crippen LogP contribution in [0.15, 0.2) is 65.7 Å². The quantitative estimate of drug-likeness (QED) is 0.569. The largest absolute Gasteiger partial charge is 0.469 e. The van der Waals surface area contributed by atoms with Gasteiger partial charge in [0.1, 0.15) is 22.8 Å². The van der Waals surface area contributed by atoms with Crippen LogP contribution >= 0.6 is 0 Å². The van der Waals surface area contributed by atoms with E-state index in [-0.39, 0.29) is 17.6 Å². The summed E-state index contributed by atoms with van der Waals surface area (Å²) in [6.07, 6.45) is 7.45. The van der Waals surface area contributed by atoms with E-state index < -0.39 is 0 Å². The molecular formula is C20H19FN4O2. The summed E-state index contributed by atoms with van der Waals surface area (Å²) >= 11 is 0. The van der Waals surface area contributed by atoms with Gasteiger partial charge >= 0.3 is 0 Å². The number of halogens is 1. The van der Waals surface area contributed by atoms with Crippen molar-refractivity contribution in [1.82, 2.24) is 19.5 Å². The molecule has 3 heterocycles. The van der Waals surface area contributed by atoms with Crippen LogP contribution in [0.1, 0.15) is 34.0 Å². The molecule has 0 aliphatic rings. The number of aromatic nitrogens is 3. The maximum absolute atomic E-state index is 13.3. The second-order valence-corrected chi connectivity index (χ2v) is 6.40. The zero-order chi connectivity index (χ0) is 18.8. The average Bonchev–Trinajstić information content (AvgIpc) is 3.39. The van der Waals surface area contributed by atoms with E-state index in [1.807, 2.05) is 29.9 Å². The number of rotatable bonds is 6. The molecular weight excluding hydrogens is 347 g/mol. The van der Waals surface area contributed by atoms with Gasteiger partial charge in [0.05, 0.1) is 12.5 Å². The van der Waals surface area contributed by atoms with Crippen LogP contribution in [0.5, 0.6) is 0 Å². The molecule has 4 aromatic rings. The number of nitrogens with one attached hydrogen (secondary N) is 1. The van der Waals surface area contributed by atoms with Crippen molar-refractivity contribution < 1.29 is 13.6 Å². The first kappa shape index (κ1) is 17.1. The molecule has 0 saturated heterocycles. The molecule has 0 saturated carbocycles. The van der Waals surface area contributed by atoms with E-state index in [2.05, 4.69) is 10.4 Å². The summed E-state index contributed by atoms with van der Waals surface area (Å²) in [4.78, 5) is 12.6. The maximum atomic E-state index is 13.3. The van der Waals surface area contributed by atoms with Crippen LogP contribution in [0.4, 0.5) is 4.39 Å². The van der Waals surface area contributed by atoms with Gasteiger partial charge in [-0.1, -0.05) is 12.1 Å². The highest BCUT2D eigenvalue weighted by molar-refractivity contribution is 5.99. The molecule has 0 radical (unpaired) electrons. The van der Waals surface area contributed by atoms with Crippen LogP contribution in [-0.2, 0) is 7.05 Å². The lowest BCUT2D eigenvalue weighted by Crippen LogP contribution is -2.26. The van der Waals surface area contributed by atoms with Crippen LogP contribution in [-0.4, -0.2) is 26.6 Å². The van der Waals surface area contributed by atoms with Crippen molar-refractivity contribution in [3.63, 3.8) is 0 Å². The van der Waals surface area contributed by atoms with Crippen LogP contribution in [0.3, 0.4) is 0 Å². The summed E-state index contributed by atoms with van der Waals surface area (Å²) in [6, 6.07) is 10.1. The minimum absolute atomic E-state index is 0.0666. The number of benzene rings is 1. The number of carbonyl (C=O) groups excluding carboxylic acids is 1. The molecule has 6 nitrogen and oxygen atoms in total. The summed E-state index contributed by atoms with van der Waals surface area (Å²) in [5.74, 6) is 0.261. The first-order valence-corrected chi connectivity index (χ1v) is 8.69. The van der Waals surface area contributed by atoms with Crippen molar-refractivity contribution in [2.24, 2.45) is 7.05 Å². The molecule has 0 bridgehead atoms. The second-order valence-electron chi connectivity index (χ2n) is 6.40. The molecule has 138 valence electrons. The van der Waals surface area contributed by atoms with Crippen LogP contribution in [0.25, 0.3) is 5.65 Å². The summed E-state index contributed by atoms with van der Waals surface area (Å²) in [5, 5.41) is 7.13. The molecule has 1 amide bonds. The zero-order valence-electron chi connectivity index (χ0n) is 14.8. The number of fused-ring (bicyclic) bond motifs is 1. The average molecular weight is 366 g/mol. The Kier molecular flexibility index (Phi) is 4.50. The molecule has 0 aliphatic carbocycles. The molecule has 7 heteroatoms. The summed E-state index contributed by atoms with van der Waals surface area (Å²) < 4.78 is 22.3. The van der Waals surface area contributed by atoms with Crippen LogP contribution in [0, 0.1) is 5.82 Å². The molecule has 1 aromatic carbocycles. The number of carbonyl (C=O) groups is 1. The Hall–Kier alpha value is -3.35. The first-order valence-electron chi connectivity index (χ1n) is 8.69. The summed E-state index contributed by atoms with van der Waals surface area (Å²) in [6.45, 7) is 0.448. The van der Waals surface area contributed by atoms with Crippen molar-refractivity contribution >= 4 is 11.6 Å². The highest BCUT2D eigenvalue weighted by atomic mass is 19.1. The molecule has 0 spiro atoms. The highest BCUT2D eigenvalue weighted by Crippen LogP contribution is 2.28. The lowest BCUT2D eigenvalue weighted by molar-refractivity contribution is 0.0953. The molecule has 0 aliphatic heterocycles. The monoisotopic (exact) mass is 366 g/mol. The fraction of sp³-hybridized carbons (Fsp3) is 0.200. The number of hydrogen-bond acceptors (Lipinski definition) is 3. The topological polar surface area (TPSA) is 64.5 Å². The van der Waals surface area contributed by atoms with Gasteiger partial charge in [0.25, 0.3) is 5.91 Å². The fourth-order valence-electron chi connectivity index (χ4n) is 3.29. The van der Waals surface area contributed by atoms with Gasteiger partial charge in [-0.3, -0.25) is 4.79 Å². The van der Waals surface area contributed by atoms with E-state index in [1.54, 1.807) is 35.3 Å². The van der Waals surface area contributed by atoms with Gasteiger partial charge in [0.15, 0.2) is 0 Å². The highest BCUT2D eigenvalue weighted by Gasteiger charge is 2.19. The SMILES string of the molecule is Cn1ccn2ncc(C(=O)NCCC(c3ccc(F)cc3)c3ccco3)c12. The van der Waals surface area contributed by atoms with E-state index in [4.69, 9.17) is 4.42 Å². The molecule has 1 N–H and O–H groups in total. The smallest absolute Gasteiger partial charge is 0.256 e. The van der Waals surface area contributed by atoms with Gasteiger partial charge < -0.3 is 14.3 Å². The van der Waals surface area contributed by atoms with Gasteiger partial charge in [-0.25, -0.2) is 8.91 Å². The van der Waals surface area contributed by atoms with Gasteiger partial charge in [-0.05, 0) is 36.2 Å². The predicted octanol–water partition coefficient (Wildman–Crippen LogP) is 3.36. The Balaban J connectivity index is 1.47. The van der Waals surface area contributed by atoms with Gasteiger partial charge in [0, 0.05) is 31.9 Å². The lowest BCUT2D eigenvalue weighted by Gasteiger charge is -2.15. The predicted molar refractivity (Wildman–Crippen MR) is 98.1 cm³/mol. The Morgan fingerprint density at radius 3 is 2.81 bits per heavy atom. The molecule has 1 unspecified atom stereocenters. The minimum Gasteiger partial charge on any atom is -0.469 e. The standard InChI is InChI=1S/C20H19FN4O2/c1-24-10-11-25-20(24)17(13-23-25)19(26)22-9-8-16(18-3-2-12-27-18)14-4-6-15(21)7-5-14/h2-7,10-13,16H,8-9H2,1H3,(H,22,26). The maximum Gasteiger partial charge on any atom is 0.256 e. The Labute approximate surface area is 155 Å². The Morgan fingerprint density at radius 1 is 1.26 bits per heavy atom. The zero-order valence-corrected chi connectivity index (χ0v) is 14.8. The number of imidazole rings is 1. The van der Waals surface area contributed by atoms with E-state index in [0.29, 0.717) is 18.5 Å². The molecule has 4 rings (SSSR count). The third kappa shape index (κ3) is 3.36. The van der Waals surface area contributed by atoms with E-state index >= 15 is 0 Å². The molecule has 1 atom stereocenters. The summed E-state index contributed by atoms with van der Waals surface area (Å²) in [7, 11) is 1.87. The fourth-order valence-corrected chi connectivity index (χ4v) is 3.29. The van der Waals surface area contributed by atoms with Crippen molar-refractivity contribution in [2.45, 2.75) is 12.3 Å². The van der Waals surface area contributed by atoms with Gasteiger partial charge in [-0.15, -0.1) is 0 Å². The van der Waals surface area contributed by atoms with Gasteiger partial charge in [0.2, 0.25) is 0 Å². The number of nitrogens with zero attached hydrogens (tertiary/aromatic N) is 3. The van der Waals surface area contributed by atoms with Crippen LogP contribution in [0.2, 0.25) is 0 Å². The minimum atomic E-state index is -0.280. The molecule has 3 aromatic heterocycles. The van der Waals surface area contributed by atoms with E-state index in [9.17, 15) is 9.18 Å². The van der Waals surface area contributed by atoms with Crippen molar-refractivity contribution in [3.8, 4) is 0 Å². The number of amides is 1. The van der Waals surface area contributed by atoms with Crippen LogP contribution < -0.4 is 5.32 Å². The van der Waals surface area contributed by atoms with Crippen molar-refractivity contribution in [2.75, 3.05) is 6.54 Å². The lowest BCUT2D eigenvalue weighted by atomic mass is 9.93. The Bertz CT molecular complexity index is 1050. The van der Waals surface area contributed by atoms with Gasteiger partial charge in [-0.2, -0.15) is 5.10 Å². The normalized spacial score (nSPS) is 12.4. The summed E-state index contributed by atoms with van der Waals surface area (Å²) in [5.41, 5.74) is 2.21. The molecule has 27 heavy (non-hydrogen) atoms.